The molecular weight excluding hydrogens is 248 g/mol. The van der Waals surface area contributed by atoms with Crippen LogP contribution in [0.5, 0.6) is 0 Å². The summed E-state index contributed by atoms with van der Waals surface area (Å²) in [6, 6.07) is 0. The normalized spacial score (nSPS) is 12.5. The van der Waals surface area contributed by atoms with Crippen molar-refractivity contribution in [2.45, 2.75) is 71.6 Å². The predicted octanol–water partition coefficient (Wildman–Crippen LogP) is 5.44. The molecule has 0 aliphatic carbocycles. The first-order chi connectivity index (χ1) is 9.70. The summed E-state index contributed by atoms with van der Waals surface area (Å²) in [6.07, 6.45) is 17.4. The molecule has 0 saturated carbocycles. The molecule has 0 aliphatic heterocycles. The fourth-order valence-corrected chi connectivity index (χ4v) is 2.21. The van der Waals surface area contributed by atoms with Gasteiger partial charge in [-0.05, 0) is 38.0 Å². The fraction of sp³-hybridized carbons (Fsp3) is 0.722. The van der Waals surface area contributed by atoms with E-state index in [-0.39, 0.29) is 5.97 Å². The first-order valence-corrected chi connectivity index (χ1v) is 8.11. The predicted molar refractivity (Wildman–Crippen MR) is 86.7 cm³/mol. The molecule has 2 nitrogen and oxygen atoms in total. The number of carbonyl (C=O) groups is 1. The Morgan fingerprint density at radius 2 is 2.00 bits per heavy atom. The van der Waals surface area contributed by atoms with Crippen LogP contribution < -0.4 is 0 Å². The number of hydrogen-bond donors (Lipinski definition) is 0. The van der Waals surface area contributed by atoms with E-state index in [9.17, 15) is 4.79 Å². The lowest BCUT2D eigenvalue weighted by molar-refractivity contribution is -0.141. The molecule has 0 aromatic carbocycles. The van der Waals surface area contributed by atoms with E-state index in [1.165, 1.54) is 39.0 Å². The Hall–Kier alpha value is -1.05. The number of unbranched alkanes of at least 4 members (excludes halogenated alkanes) is 5. The summed E-state index contributed by atoms with van der Waals surface area (Å²) in [5, 5.41) is 0. The highest BCUT2D eigenvalue weighted by molar-refractivity contribution is 5.65. The van der Waals surface area contributed by atoms with Crippen LogP contribution in [0.15, 0.2) is 24.8 Å². The summed E-state index contributed by atoms with van der Waals surface area (Å²) in [5.41, 5.74) is 0. The van der Waals surface area contributed by atoms with Gasteiger partial charge < -0.3 is 4.74 Å². The van der Waals surface area contributed by atoms with E-state index < -0.39 is 0 Å². The van der Waals surface area contributed by atoms with Crippen LogP contribution in [0.25, 0.3) is 0 Å². The summed E-state index contributed by atoms with van der Waals surface area (Å²) in [5.74, 6) is 0.469. The second-order valence-electron chi connectivity index (χ2n) is 5.40. The van der Waals surface area contributed by atoms with E-state index in [0.29, 0.717) is 12.5 Å². The number of rotatable bonds is 13. The van der Waals surface area contributed by atoms with Gasteiger partial charge >= 0.3 is 5.97 Å². The van der Waals surface area contributed by atoms with Crippen LogP contribution in [0, 0.1) is 5.92 Å². The van der Waals surface area contributed by atoms with Gasteiger partial charge in [-0.1, -0.05) is 50.8 Å². The van der Waals surface area contributed by atoms with E-state index in [1.807, 2.05) is 6.08 Å². The van der Waals surface area contributed by atoms with Gasteiger partial charge in [-0.3, -0.25) is 4.79 Å². The van der Waals surface area contributed by atoms with Gasteiger partial charge in [-0.2, -0.15) is 0 Å². The molecule has 0 N–H and O–H groups in total. The maximum absolute atomic E-state index is 10.6. The molecule has 20 heavy (non-hydrogen) atoms. The summed E-state index contributed by atoms with van der Waals surface area (Å²) < 4.78 is 4.91. The molecule has 0 bridgehead atoms. The number of carbonyl (C=O) groups excluding carboxylic acids is 1. The van der Waals surface area contributed by atoms with E-state index in [0.717, 1.165) is 25.7 Å². The molecular formula is C18H32O2. The van der Waals surface area contributed by atoms with Gasteiger partial charge in [0.2, 0.25) is 0 Å². The molecule has 1 unspecified atom stereocenters. The Balaban J connectivity index is 3.67. The van der Waals surface area contributed by atoms with Crippen LogP contribution in [-0.4, -0.2) is 12.6 Å². The lowest BCUT2D eigenvalue weighted by Crippen LogP contribution is -2.00. The van der Waals surface area contributed by atoms with Crippen LogP contribution in [0.3, 0.4) is 0 Å². The summed E-state index contributed by atoms with van der Waals surface area (Å²) in [6.45, 7) is 8.10. The minimum Gasteiger partial charge on any atom is -0.466 e. The van der Waals surface area contributed by atoms with E-state index in [1.54, 1.807) is 0 Å². The molecule has 2 heteroatoms. The topological polar surface area (TPSA) is 26.3 Å². The second kappa shape index (κ2) is 14.4. The monoisotopic (exact) mass is 280 g/mol. The molecule has 0 spiro atoms. The third-order valence-corrected chi connectivity index (χ3v) is 3.38. The number of hydrogen-bond acceptors (Lipinski definition) is 2. The zero-order chi connectivity index (χ0) is 15.1. The minimum absolute atomic E-state index is 0.182. The van der Waals surface area contributed by atoms with E-state index in [4.69, 9.17) is 4.74 Å². The quantitative estimate of drug-likeness (QED) is 0.255. The van der Waals surface area contributed by atoms with Crippen molar-refractivity contribution in [3.05, 3.63) is 24.8 Å². The van der Waals surface area contributed by atoms with Gasteiger partial charge in [-0.25, -0.2) is 0 Å². The van der Waals surface area contributed by atoms with Gasteiger partial charge in [-0.15, -0.1) is 6.58 Å². The van der Waals surface area contributed by atoms with Crippen LogP contribution in [0.2, 0.25) is 0 Å². The van der Waals surface area contributed by atoms with E-state index >= 15 is 0 Å². The summed E-state index contributed by atoms with van der Waals surface area (Å²) in [4.78, 5) is 10.6. The second-order valence-corrected chi connectivity index (χ2v) is 5.40. The molecule has 0 aromatic rings. The highest BCUT2D eigenvalue weighted by Crippen LogP contribution is 2.17. The number of ether oxygens (including phenoxy) is 1. The van der Waals surface area contributed by atoms with Gasteiger partial charge in [0.1, 0.15) is 0 Å². The molecule has 1 atom stereocenters. The zero-order valence-electron chi connectivity index (χ0n) is 13.4. The van der Waals surface area contributed by atoms with Crippen molar-refractivity contribution in [3.8, 4) is 0 Å². The standard InChI is InChI=1S/C18H32O2/c1-4-6-7-10-14-18(13-5-2)15-11-8-9-12-16-20-17(3)19/h5,11,15,18H,2,4,6-10,12-14,16H2,1,3H3/b15-11-. The van der Waals surface area contributed by atoms with Crippen LogP contribution in [0.4, 0.5) is 0 Å². The average Bonchev–Trinajstić information content (AvgIpc) is 2.42. The third-order valence-electron chi connectivity index (χ3n) is 3.38. The van der Waals surface area contributed by atoms with Crippen molar-refractivity contribution in [1.82, 2.24) is 0 Å². The van der Waals surface area contributed by atoms with Crippen molar-refractivity contribution < 1.29 is 9.53 Å². The lowest BCUT2D eigenvalue weighted by atomic mass is 9.96. The molecule has 0 fully saturated rings. The Morgan fingerprint density at radius 3 is 2.65 bits per heavy atom. The van der Waals surface area contributed by atoms with Gasteiger partial charge in [0.25, 0.3) is 0 Å². The Morgan fingerprint density at radius 1 is 1.20 bits per heavy atom. The van der Waals surface area contributed by atoms with E-state index in [2.05, 4.69) is 25.7 Å². The van der Waals surface area contributed by atoms with Crippen LogP contribution in [-0.2, 0) is 9.53 Å². The maximum atomic E-state index is 10.6. The van der Waals surface area contributed by atoms with Crippen LogP contribution in [0.1, 0.15) is 71.6 Å². The van der Waals surface area contributed by atoms with Crippen molar-refractivity contribution >= 4 is 5.97 Å². The Kier molecular flexibility index (Phi) is 13.6. The van der Waals surface area contributed by atoms with Gasteiger partial charge in [0.05, 0.1) is 6.61 Å². The molecule has 0 aliphatic rings. The van der Waals surface area contributed by atoms with Crippen LogP contribution >= 0.6 is 0 Å². The smallest absolute Gasteiger partial charge is 0.302 e. The van der Waals surface area contributed by atoms with Crippen molar-refractivity contribution in [3.63, 3.8) is 0 Å². The van der Waals surface area contributed by atoms with Crippen molar-refractivity contribution in [1.29, 1.82) is 0 Å². The first-order valence-electron chi connectivity index (χ1n) is 8.11. The Bertz CT molecular complexity index is 269. The SMILES string of the molecule is C=CCC(/C=C\CCCCOC(C)=O)CCCCCC. The molecule has 0 radical (unpaired) electrons. The average molecular weight is 280 g/mol. The zero-order valence-corrected chi connectivity index (χ0v) is 13.4. The van der Waals surface area contributed by atoms with Crippen molar-refractivity contribution in [2.24, 2.45) is 5.92 Å². The molecule has 0 heterocycles. The fourth-order valence-electron chi connectivity index (χ4n) is 2.21. The lowest BCUT2D eigenvalue weighted by Gasteiger charge is -2.10. The van der Waals surface area contributed by atoms with Crippen molar-refractivity contribution in [2.75, 3.05) is 6.61 Å². The first kappa shape index (κ1) is 18.9. The highest BCUT2D eigenvalue weighted by atomic mass is 16.5. The summed E-state index contributed by atoms with van der Waals surface area (Å²) in [7, 11) is 0. The molecule has 116 valence electrons. The minimum atomic E-state index is -0.182. The maximum Gasteiger partial charge on any atom is 0.302 e. The molecule has 0 aromatic heterocycles. The highest BCUT2D eigenvalue weighted by Gasteiger charge is 2.02. The Labute approximate surface area is 125 Å². The number of esters is 1. The largest absolute Gasteiger partial charge is 0.466 e. The molecule has 0 rings (SSSR count). The number of allylic oxidation sites excluding steroid dienone is 3. The molecule has 0 saturated heterocycles. The molecule has 0 amide bonds. The summed E-state index contributed by atoms with van der Waals surface area (Å²) >= 11 is 0. The van der Waals surface area contributed by atoms with Gasteiger partial charge in [0.15, 0.2) is 0 Å². The van der Waals surface area contributed by atoms with Gasteiger partial charge in [0, 0.05) is 6.92 Å². The third kappa shape index (κ3) is 13.4.